The fourth-order valence-electron chi connectivity index (χ4n) is 3.18. The molecule has 2 heterocycles. The van der Waals surface area contributed by atoms with Crippen LogP contribution in [0.2, 0.25) is 0 Å². The van der Waals surface area contributed by atoms with Crippen molar-refractivity contribution in [1.29, 1.82) is 0 Å². The minimum atomic E-state index is -3.03. The van der Waals surface area contributed by atoms with E-state index in [4.69, 9.17) is 0 Å². The number of nitrogens with zero attached hydrogens (tertiary/aromatic N) is 2. The number of hydrogen-bond donors (Lipinski definition) is 0. The van der Waals surface area contributed by atoms with Gasteiger partial charge in [-0.05, 0) is 17.5 Å². The summed E-state index contributed by atoms with van der Waals surface area (Å²) < 4.78 is 24.0. The van der Waals surface area contributed by atoms with Crippen LogP contribution in [-0.4, -0.2) is 42.3 Å². The van der Waals surface area contributed by atoms with Gasteiger partial charge in [0, 0.05) is 17.9 Å². The van der Waals surface area contributed by atoms with Crippen molar-refractivity contribution < 1.29 is 13.2 Å². The molecule has 1 amide bonds. The lowest BCUT2D eigenvalue weighted by Gasteiger charge is -2.28. The topological polar surface area (TPSA) is 66.8 Å². The number of para-hydroxylation sites is 1. The highest BCUT2D eigenvalue weighted by atomic mass is 32.2. The lowest BCUT2D eigenvalue weighted by molar-refractivity contribution is -0.115. The molecule has 2 atom stereocenters. The fraction of sp³-hybridized carbons (Fsp3) is 0.500. The van der Waals surface area contributed by atoms with E-state index in [2.05, 4.69) is 18.8 Å². The third-order valence-corrected chi connectivity index (χ3v) is 7.35. The van der Waals surface area contributed by atoms with Gasteiger partial charge in [-0.2, -0.15) is 4.99 Å². The SMILES string of the molecule is CC(=O)N=C1S[C@@H]2CS(=O)(=O)C[C@@H]2N1c1ccccc1C(C)C. The van der Waals surface area contributed by atoms with Gasteiger partial charge in [-0.3, -0.25) is 4.79 Å². The van der Waals surface area contributed by atoms with Crippen molar-refractivity contribution >= 4 is 38.4 Å². The summed E-state index contributed by atoms with van der Waals surface area (Å²) in [7, 11) is -3.03. The molecule has 2 aliphatic heterocycles. The zero-order valence-corrected chi connectivity index (χ0v) is 15.0. The average molecular weight is 352 g/mol. The number of carbonyl (C=O) groups is 1. The van der Waals surface area contributed by atoms with Crippen LogP contribution in [0.5, 0.6) is 0 Å². The van der Waals surface area contributed by atoms with E-state index in [1.807, 2.05) is 29.2 Å². The quantitative estimate of drug-likeness (QED) is 0.818. The van der Waals surface area contributed by atoms with Crippen molar-refractivity contribution in [3.05, 3.63) is 29.8 Å². The van der Waals surface area contributed by atoms with E-state index < -0.39 is 9.84 Å². The molecule has 2 aliphatic rings. The second-order valence-electron chi connectivity index (χ2n) is 6.30. The molecule has 0 N–H and O–H groups in total. The molecule has 0 bridgehead atoms. The molecule has 0 unspecified atom stereocenters. The number of amides is 1. The maximum atomic E-state index is 12.0. The Kier molecular flexibility index (Phi) is 4.27. The Morgan fingerprint density at radius 3 is 2.65 bits per heavy atom. The Morgan fingerprint density at radius 2 is 2.00 bits per heavy atom. The molecule has 23 heavy (non-hydrogen) atoms. The largest absolute Gasteiger partial charge is 0.315 e. The smallest absolute Gasteiger partial charge is 0.244 e. The molecule has 5 nitrogen and oxygen atoms in total. The standard InChI is InChI=1S/C16H20N2O3S2/c1-10(2)12-6-4-5-7-13(12)18-14-8-23(20,21)9-15(14)22-16(18)17-11(3)19/h4-7,10,14-15H,8-9H2,1-3H3/t14-,15+/m0/s1. The number of amidine groups is 1. The van der Waals surface area contributed by atoms with Gasteiger partial charge in [0.15, 0.2) is 15.0 Å². The Labute approximate surface area is 141 Å². The van der Waals surface area contributed by atoms with Crippen molar-refractivity contribution in [2.24, 2.45) is 4.99 Å². The number of fused-ring (bicyclic) bond motifs is 1. The predicted molar refractivity (Wildman–Crippen MR) is 94.9 cm³/mol. The molecule has 1 aromatic rings. The number of thioether (sulfide) groups is 1. The van der Waals surface area contributed by atoms with Crippen LogP contribution in [0.3, 0.4) is 0 Å². The van der Waals surface area contributed by atoms with Crippen LogP contribution in [0.4, 0.5) is 5.69 Å². The van der Waals surface area contributed by atoms with Crippen LogP contribution in [0.15, 0.2) is 29.3 Å². The van der Waals surface area contributed by atoms with Crippen LogP contribution in [0, 0.1) is 0 Å². The van der Waals surface area contributed by atoms with E-state index in [0.29, 0.717) is 11.1 Å². The van der Waals surface area contributed by atoms with E-state index in [0.717, 1.165) is 11.3 Å². The monoisotopic (exact) mass is 352 g/mol. The molecular weight excluding hydrogens is 332 g/mol. The molecule has 0 aliphatic carbocycles. The van der Waals surface area contributed by atoms with Crippen molar-refractivity contribution in [2.75, 3.05) is 16.4 Å². The molecule has 1 aromatic carbocycles. The third-order valence-electron chi connectivity index (χ3n) is 4.14. The van der Waals surface area contributed by atoms with E-state index in [-0.39, 0.29) is 28.7 Å². The van der Waals surface area contributed by atoms with Crippen LogP contribution in [0.1, 0.15) is 32.3 Å². The number of rotatable bonds is 2. The second-order valence-corrected chi connectivity index (χ2v) is 9.66. The van der Waals surface area contributed by atoms with Gasteiger partial charge in [0.2, 0.25) is 5.91 Å². The van der Waals surface area contributed by atoms with Crippen LogP contribution in [0.25, 0.3) is 0 Å². The van der Waals surface area contributed by atoms with E-state index >= 15 is 0 Å². The Hall–Kier alpha value is -1.34. The summed E-state index contributed by atoms with van der Waals surface area (Å²) in [6.07, 6.45) is 0. The zero-order valence-electron chi connectivity index (χ0n) is 13.4. The Bertz CT molecular complexity index is 771. The highest BCUT2D eigenvalue weighted by molar-refractivity contribution is 8.16. The second kappa shape index (κ2) is 5.94. The van der Waals surface area contributed by atoms with Crippen LogP contribution >= 0.6 is 11.8 Å². The van der Waals surface area contributed by atoms with Crippen molar-refractivity contribution in [3.8, 4) is 0 Å². The van der Waals surface area contributed by atoms with Gasteiger partial charge in [-0.25, -0.2) is 8.42 Å². The Balaban J connectivity index is 2.11. The highest BCUT2D eigenvalue weighted by Crippen LogP contribution is 2.43. The summed E-state index contributed by atoms with van der Waals surface area (Å²) >= 11 is 1.41. The Morgan fingerprint density at radius 1 is 1.30 bits per heavy atom. The first kappa shape index (κ1) is 16.5. The predicted octanol–water partition coefficient (Wildman–Crippen LogP) is 2.43. The summed E-state index contributed by atoms with van der Waals surface area (Å²) in [6, 6.07) is 7.80. The fourth-order valence-corrected chi connectivity index (χ4v) is 7.13. The summed E-state index contributed by atoms with van der Waals surface area (Å²) in [5.41, 5.74) is 2.09. The van der Waals surface area contributed by atoms with Gasteiger partial charge in [0.05, 0.1) is 17.5 Å². The van der Waals surface area contributed by atoms with E-state index in [1.165, 1.54) is 18.7 Å². The molecule has 0 aromatic heterocycles. The summed E-state index contributed by atoms with van der Waals surface area (Å²) in [4.78, 5) is 17.6. The van der Waals surface area contributed by atoms with Gasteiger partial charge in [0.1, 0.15) is 0 Å². The van der Waals surface area contributed by atoms with E-state index in [9.17, 15) is 13.2 Å². The number of aliphatic imine (C=N–C) groups is 1. The van der Waals surface area contributed by atoms with E-state index in [1.54, 1.807) is 0 Å². The number of benzene rings is 1. The minimum absolute atomic E-state index is 0.0571. The lowest BCUT2D eigenvalue weighted by atomic mass is 9.99. The number of anilines is 1. The third kappa shape index (κ3) is 3.17. The highest BCUT2D eigenvalue weighted by Gasteiger charge is 2.49. The summed E-state index contributed by atoms with van der Waals surface area (Å²) in [6.45, 7) is 5.63. The molecule has 7 heteroatoms. The number of sulfone groups is 1. The van der Waals surface area contributed by atoms with Crippen LogP contribution in [-0.2, 0) is 14.6 Å². The first-order valence-corrected chi connectivity index (χ1v) is 10.3. The molecule has 124 valence electrons. The van der Waals surface area contributed by atoms with Crippen molar-refractivity contribution in [3.63, 3.8) is 0 Å². The molecule has 3 rings (SSSR count). The van der Waals surface area contributed by atoms with Gasteiger partial charge in [-0.15, -0.1) is 0 Å². The zero-order chi connectivity index (χ0) is 16.8. The average Bonchev–Trinajstić information content (AvgIpc) is 2.88. The maximum absolute atomic E-state index is 12.0. The van der Waals surface area contributed by atoms with Crippen LogP contribution < -0.4 is 4.90 Å². The first-order valence-electron chi connectivity index (χ1n) is 7.63. The number of carbonyl (C=O) groups excluding carboxylic acids is 1. The molecule has 0 spiro atoms. The molecule has 0 radical (unpaired) electrons. The lowest BCUT2D eigenvalue weighted by Crippen LogP contribution is -2.38. The molecule has 2 saturated heterocycles. The molecule has 2 fully saturated rings. The summed E-state index contributed by atoms with van der Waals surface area (Å²) in [5, 5.41) is 0.564. The number of hydrogen-bond acceptors (Lipinski definition) is 4. The maximum Gasteiger partial charge on any atom is 0.244 e. The summed E-state index contributed by atoms with van der Waals surface area (Å²) in [5.74, 6) is 0.308. The molecular formula is C16H20N2O3S2. The van der Waals surface area contributed by atoms with Gasteiger partial charge >= 0.3 is 0 Å². The van der Waals surface area contributed by atoms with Gasteiger partial charge in [0.25, 0.3) is 0 Å². The van der Waals surface area contributed by atoms with Gasteiger partial charge in [-0.1, -0.05) is 43.8 Å². The minimum Gasteiger partial charge on any atom is -0.315 e. The van der Waals surface area contributed by atoms with Crippen molar-refractivity contribution in [1.82, 2.24) is 0 Å². The normalized spacial score (nSPS) is 27.7. The van der Waals surface area contributed by atoms with Crippen molar-refractivity contribution in [2.45, 2.75) is 38.0 Å². The van der Waals surface area contributed by atoms with Gasteiger partial charge < -0.3 is 4.90 Å². The molecule has 0 saturated carbocycles. The first-order chi connectivity index (χ1) is 10.8.